The summed E-state index contributed by atoms with van der Waals surface area (Å²) in [4.78, 5) is 2.43. The summed E-state index contributed by atoms with van der Waals surface area (Å²) in [5.74, 6) is 2.39. The van der Waals surface area contributed by atoms with Crippen molar-refractivity contribution in [3.8, 4) is 0 Å². The van der Waals surface area contributed by atoms with E-state index in [4.69, 9.17) is 5.73 Å². The predicted molar refractivity (Wildman–Crippen MR) is 81.6 cm³/mol. The van der Waals surface area contributed by atoms with Crippen LogP contribution in [0, 0.1) is 5.92 Å². The topological polar surface area (TPSA) is 47.1 Å². The maximum absolute atomic E-state index is 6.33. The lowest BCUT2D eigenvalue weighted by Gasteiger charge is -2.23. The number of nitrogens with zero attached hydrogens (tertiary/aromatic N) is 3. The molecule has 0 spiro atoms. The Morgan fingerprint density at radius 3 is 2.63 bits per heavy atom. The number of anilines is 2. The van der Waals surface area contributed by atoms with Gasteiger partial charge in [-0.15, -0.1) is 0 Å². The number of nitrogens with two attached hydrogens (primary N) is 1. The van der Waals surface area contributed by atoms with Crippen molar-refractivity contribution in [3.63, 3.8) is 0 Å². The molecule has 1 aliphatic heterocycles. The molecule has 108 valence electrons. The zero-order chi connectivity index (χ0) is 14.0. The second-order valence-corrected chi connectivity index (χ2v) is 6.09. The lowest BCUT2D eigenvalue weighted by molar-refractivity contribution is 0.459. The van der Waals surface area contributed by atoms with Gasteiger partial charge >= 0.3 is 0 Å². The highest BCUT2D eigenvalue weighted by Gasteiger charge is 2.23. The molecule has 1 saturated heterocycles. The highest BCUT2D eigenvalue weighted by atomic mass is 15.4. The van der Waals surface area contributed by atoms with E-state index in [9.17, 15) is 0 Å². The average Bonchev–Trinajstić information content (AvgIpc) is 2.55. The summed E-state index contributed by atoms with van der Waals surface area (Å²) in [6.45, 7) is 8.82. The molecule has 0 aliphatic carbocycles. The van der Waals surface area contributed by atoms with Gasteiger partial charge in [0.25, 0.3) is 0 Å². The van der Waals surface area contributed by atoms with Crippen LogP contribution in [-0.4, -0.2) is 22.9 Å². The minimum absolute atomic E-state index is 0.385. The van der Waals surface area contributed by atoms with Crippen LogP contribution >= 0.6 is 0 Å². The Bertz CT molecular complexity index is 422. The molecule has 1 atom stereocenters. The molecule has 0 aromatic carbocycles. The summed E-state index contributed by atoms with van der Waals surface area (Å²) in [6.07, 6.45) is 5.19. The van der Waals surface area contributed by atoms with E-state index in [-0.39, 0.29) is 0 Å². The third-order valence-corrected chi connectivity index (χ3v) is 4.35. The van der Waals surface area contributed by atoms with Crippen LogP contribution < -0.4 is 10.6 Å². The van der Waals surface area contributed by atoms with E-state index in [1.165, 1.54) is 25.7 Å². The van der Waals surface area contributed by atoms with Crippen LogP contribution in [-0.2, 0) is 7.05 Å². The Hall–Kier alpha value is -1.19. The van der Waals surface area contributed by atoms with E-state index in [0.717, 1.165) is 36.2 Å². The Morgan fingerprint density at radius 2 is 2.05 bits per heavy atom. The largest absolute Gasteiger partial charge is 0.394 e. The van der Waals surface area contributed by atoms with Crippen molar-refractivity contribution in [3.05, 3.63) is 5.69 Å². The first-order chi connectivity index (χ1) is 9.04. The first-order valence-electron chi connectivity index (χ1n) is 7.61. The molecular weight excluding hydrogens is 236 g/mol. The summed E-state index contributed by atoms with van der Waals surface area (Å²) in [5.41, 5.74) is 8.25. The van der Waals surface area contributed by atoms with Gasteiger partial charge < -0.3 is 10.6 Å². The van der Waals surface area contributed by atoms with Crippen LogP contribution in [0.25, 0.3) is 0 Å². The van der Waals surface area contributed by atoms with Crippen molar-refractivity contribution in [1.82, 2.24) is 9.78 Å². The van der Waals surface area contributed by atoms with Crippen molar-refractivity contribution >= 4 is 11.5 Å². The van der Waals surface area contributed by atoms with Crippen LogP contribution in [0.3, 0.4) is 0 Å². The first-order valence-corrected chi connectivity index (χ1v) is 7.61. The smallest absolute Gasteiger partial charge is 0.150 e. The Kier molecular flexibility index (Phi) is 4.38. The number of aryl methyl sites for hydroxylation is 1. The molecule has 1 aromatic rings. The number of hydrogen-bond donors (Lipinski definition) is 1. The maximum Gasteiger partial charge on any atom is 0.150 e. The Labute approximate surface area is 117 Å². The summed E-state index contributed by atoms with van der Waals surface area (Å²) in [7, 11) is 2.01. The zero-order valence-electron chi connectivity index (χ0n) is 12.8. The summed E-state index contributed by atoms with van der Waals surface area (Å²) >= 11 is 0. The molecule has 1 fully saturated rings. The van der Waals surface area contributed by atoms with Crippen molar-refractivity contribution in [2.24, 2.45) is 13.0 Å². The highest BCUT2D eigenvalue weighted by molar-refractivity contribution is 5.67. The highest BCUT2D eigenvalue weighted by Crippen LogP contribution is 2.32. The molecule has 0 bridgehead atoms. The quantitative estimate of drug-likeness (QED) is 0.912. The van der Waals surface area contributed by atoms with Crippen LogP contribution in [0.4, 0.5) is 11.5 Å². The van der Waals surface area contributed by atoms with Crippen molar-refractivity contribution < 1.29 is 0 Å². The van der Waals surface area contributed by atoms with Gasteiger partial charge in [-0.05, 0) is 31.1 Å². The molecule has 0 radical (unpaired) electrons. The molecule has 2 N–H and O–H groups in total. The second-order valence-electron chi connectivity index (χ2n) is 6.09. The van der Waals surface area contributed by atoms with Gasteiger partial charge in [0.15, 0.2) is 0 Å². The van der Waals surface area contributed by atoms with E-state index in [1.807, 2.05) is 11.7 Å². The molecule has 1 aromatic heterocycles. The summed E-state index contributed by atoms with van der Waals surface area (Å²) in [6, 6.07) is 0. The zero-order valence-corrected chi connectivity index (χ0v) is 12.8. The number of hydrogen-bond acceptors (Lipinski definition) is 3. The summed E-state index contributed by atoms with van der Waals surface area (Å²) < 4.78 is 1.97. The molecule has 19 heavy (non-hydrogen) atoms. The van der Waals surface area contributed by atoms with Gasteiger partial charge in [-0.2, -0.15) is 5.10 Å². The fraction of sp³-hybridized carbons (Fsp3) is 0.800. The lowest BCUT2D eigenvalue weighted by Crippen LogP contribution is -2.27. The molecule has 1 unspecified atom stereocenters. The van der Waals surface area contributed by atoms with Crippen molar-refractivity contribution in [2.75, 3.05) is 23.7 Å². The molecule has 0 saturated carbocycles. The average molecular weight is 264 g/mol. The lowest BCUT2D eigenvalue weighted by atomic mass is 9.98. The molecule has 2 heterocycles. The van der Waals surface area contributed by atoms with E-state index >= 15 is 0 Å². The summed E-state index contributed by atoms with van der Waals surface area (Å²) in [5, 5.41) is 4.60. The molecule has 1 aliphatic rings. The predicted octanol–water partition coefficient (Wildman–Crippen LogP) is 3.14. The fourth-order valence-corrected chi connectivity index (χ4v) is 3.14. The van der Waals surface area contributed by atoms with Crippen LogP contribution in [0.5, 0.6) is 0 Å². The maximum atomic E-state index is 6.33. The first kappa shape index (κ1) is 14.2. The standard InChI is InChI=1S/C15H28N4/c1-5-12-7-6-9-19(10-8-12)15-13(16)14(11(2)3)17-18(15)4/h11-12H,5-10,16H2,1-4H3. The van der Waals surface area contributed by atoms with Gasteiger partial charge in [-0.25, -0.2) is 0 Å². The molecule has 2 rings (SSSR count). The molecular formula is C15H28N4. The van der Waals surface area contributed by atoms with Gasteiger partial charge in [-0.1, -0.05) is 27.2 Å². The van der Waals surface area contributed by atoms with Gasteiger partial charge in [0.05, 0.1) is 11.4 Å². The number of aromatic nitrogens is 2. The second kappa shape index (κ2) is 5.85. The number of nitrogen functional groups attached to an aromatic ring is 1. The van der Waals surface area contributed by atoms with Gasteiger partial charge in [-0.3, -0.25) is 4.68 Å². The van der Waals surface area contributed by atoms with E-state index < -0.39 is 0 Å². The monoisotopic (exact) mass is 264 g/mol. The van der Waals surface area contributed by atoms with Crippen molar-refractivity contribution in [1.29, 1.82) is 0 Å². The van der Waals surface area contributed by atoms with E-state index in [1.54, 1.807) is 0 Å². The number of rotatable bonds is 3. The third kappa shape index (κ3) is 2.88. The molecule has 0 amide bonds. The van der Waals surface area contributed by atoms with Crippen LogP contribution in [0.1, 0.15) is 58.1 Å². The Balaban J connectivity index is 2.22. The van der Waals surface area contributed by atoms with Crippen molar-refractivity contribution in [2.45, 2.75) is 52.4 Å². The Morgan fingerprint density at radius 1 is 1.32 bits per heavy atom. The molecule has 4 heteroatoms. The minimum atomic E-state index is 0.385. The molecule has 4 nitrogen and oxygen atoms in total. The van der Waals surface area contributed by atoms with E-state index in [2.05, 4.69) is 30.8 Å². The third-order valence-electron chi connectivity index (χ3n) is 4.35. The van der Waals surface area contributed by atoms with Gasteiger partial charge in [0.1, 0.15) is 5.82 Å². The SMILES string of the molecule is CCC1CCCN(c2c(N)c(C(C)C)nn2C)CC1. The fourth-order valence-electron chi connectivity index (χ4n) is 3.14. The van der Waals surface area contributed by atoms with Gasteiger partial charge in [0.2, 0.25) is 0 Å². The van der Waals surface area contributed by atoms with Crippen LogP contribution in [0.2, 0.25) is 0 Å². The minimum Gasteiger partial charge on any atom is -0.394 e. The van der Waals surface area contributed by atoms with E-state index in [0.29, 0.717) is 5.92 Å². The normalized spacial score (nSPS) is 20.9. The van der Waals surface area contributed by atoms with Crippen LogP contribution in [0.15, 0.2) is 0 Å². The van der Waals surface area contributed by atoms with Gasteiger partial charge in [0, 0.05) is 20.1 Å².